The van der Waals surface area contributed by atoms with Crippen LogP contribution in [0.15, 0.2) is 202 Å². The van der Waals surface area contributed by atoms with E-state index in [4.69, 9.17) is 44.6 Å². The maximum absolute atomic E-state index is 14.0. The molecule has 456 valence electrons. The summed E-state index contributed by atoms with van der Waals surface area (Å²) in [6.45, 7) is 17.5. The van der Waals surface area contributed by atoms with Crippen molar-refractivity contribution in [3.8, 4) is 6.07 Å². The number of aliphatic hydroxyl groups is 1. The zero-order valence-corrected chi connectivity index (χ0v) is 50.8. The average molecular weight is 1180 g/mol. The lowest BCUT2D eigenvalue weighted by Gasteiger charge is -2.37. The van der Waals surface area contributed by atoms with E-state index in [1.54, 1.807) is 50.2 Å². The van der Waals surface area contributed by atoms with Crippen molar-refractivity contribution in [2.24, 2.45) is 22.3 Å². The molecular formula is C69H81N3O14. The summed E-state index contributed by atoms with van der Waals surface area (Å²) in [7, 11) is 0. The number of nitriles is 1. The highest BCUT2D eigenvalue weighted by Gasteiger charge is 2.46. The van der Waals surface area contributed by atoms with Gasteiger partial charge in [-0.15, -0.1) is 0 Å². The van der Waals surface area contributed by atoms with Gasteiger partial charge < -0.3 is 49.7 Å². The first-order valence-electron chi connectivity index (χ1n) is 28.6. The SMILES string of the molecule is CC1=C(/C=C/C(C)=C/C=C/C(C)=C/C=C/C=C(C)/C=C/C=C(C)/C=C/C2=C(C)C(=O)C(OC(OCCC#N)OC[C@H](O)[C@H]3OC(=O)C(OC(=O)c4ccccc4)=C3OC(=O)c3ccccc3)CC2(C)C)C(C)(C)CC(OC(=O)C(N)CCCN)C1=O. The summed E-state index contributed by atoms with van der Waals surface area (Å²) in [6, 6.07) is 16.7. The Bertz CT molecular complexity index is 3230. The molecule has 2 aromatic rings. The maximum atomic E-state index is 14.0. The van der Waals surface area contributed by atoms with Crippen molar-refractivity contribution in [3.05, 3.63) is 213 Å². The van der Waals surface area contributed by atoms with Crippen LogP contribution in [-0.4, -0.2) is 97.2 Å². The summed E-state index contributed by atoms with van der Waals surface area (Å²) in [4.78, 5) is 79.2. The number of benzene rings is 2. The summed E-state index contributed by atoms with van der Waals surface area (Å²) in [6.07, 6.45) is 23.8. The summed E-state index contributed by atoms with van der Waals surface area (Å²) in [5.41, 5.74) is 17.4. The smallest absolute Gasteiger partial charge is 0.379 e. The van der Waals surface area contributed by atoms with Crippen molar-refractivity contribution in [1.82, 2.24) is 0 Å². The molecule has 0 saturated carbocycles. The first-order chi connectivity index (χ1) is 40.9. The Morgan fingerprint density at radius 1 is 0.709 bits per heavy atom. The van der Waals surface area contributed by atoms with E-state index < -0.39 is 89.8 Å². The fourth-order valence-electron chi connectivity index (χ4n) is 9.54. The third-order valence-corrected chi connectivity index (χ3v) is 14.4. The van der Waals surface area contributed by atoms with E-state index in [1.165, 1.54) is 24.3 Å². The Kier molecular flexibility index (Phi) is 26.2. The Morgan fingerprint density at radius 3 is 1.70 bits per heavy atom. The predicted octanol–water partition coefficient (Wildman–Crippen LogP) is 11.0. The molecule has 2 aliphatic carbocycles. The molecule has 4 unspecified atom stereocenters. The number of hydrogen-bond donors (Lipinski definition) is 3. The van der Waals surface area contributed by atoms with Crippen molar-refractivity contribution in [2.45, 2.75) is 138 Å². The van der Waals surface area contributed by atoms with E-state index >= 15 is 0 Å². The number of esters is 4. The second-order valence-corrected chi connectivity index (χ2v) is 22.5. The minimum absolute atomic E-state index is 0.0563. The van der Waals surface area contributed by atoms with Gasteiger partial charge in [0.15, 0.2) is 23.8 Å². The average Bonchev–Trinajstić information content (AvgIpc) is 1.31. The number of allylic oxidation sites excluding steroid dienone is 20. The van der Waals surface area contributed by atoms with Crippen molar-refractivity contribution in [2.75, 3.05) is 19.8 Å². The van der Waals surface area contributed by atoms with Crippen molar-refractivity contribution in [1.29, 1.82) is 5.26 Å². The van der Waals surface area contributed by atoms with Crippen molar-refractivity contribution in [3.63, 3.8) is 0 Å². The molecular weight excluding hydrogens is 1090 g/mol. The van der Waals surface area contributed by atoms with Crippen LogP contribution in [0, 0.1) is 22.2 Å². The van der Waals surface area contributed by atoms with Gasteiger partial charge >= 0.3 is 23.9 Å². The summed E-state index contributed by atoms with van der Waals surface area (Å²) >= 11 is 0. The van der Waals surface area contributed by atoms with Crippen LogP contribution < -0.4 is 11.5 Å². The third-order valence-electron chi connectivity index (χ3n) is 14.4. The lowest BCUT2D eigenvalue weighted by molar-refractivity contribution is -0.308. The van der Waals surface area contributed by atoms with Gasteiger partial charge in [-0.2, -0.15) is 5.26 Å². The number of ketones is 2. The molecule has 0 spiro atoms. The molecule has 0 radical (unpaired) electrons. The highest BCUT2D eigenvalue weighted by Crippen LogP contribution is 2.42. The lowest BCUT2D eigenvalue weighted by Crippen LogP contribution is -2.42. The van der Waals surface area contributed by atoms with Crippen molar-refractivity contribution >= 4 is 35.4 Å². The molecule has 1 heterocycles. The summed E-state index contributed by atoms with van der Waals surface area (Å²) < 4.78 is 39.6. The topological polar surface area (TPSA) is 263 Å². The number of rotatable bonds is 28. The number of Topliss-reactive ketones (excluding diaryl/α,β-unsaturated/α-hetero) is 2. The van der Waals surface area contributed by atoms with E-state index in [-0.39, 0.29) is 42.1 Å². The zero-order chi connectivity index (χ0) is 63.1. The minimum Gasteiger partial charge on any atom is -0.453 e. The number of hydrogen-bond acceptors (Lipinski definition) is 17. The van der Waals surface area contributed by atoms with Gasteiger partial charge in [0.25, 0.3) is 12.2 Å². The van der Waals surface area contributed by atoms with E-state index in [0.29, 0.717) is 37.0 Å². The number of cyclic esters (lactones) is 1. The Labute approximate surface area is 505 Å². The molecule has 3 aliphatic rings. The fourth-order valence-corrected chi connectivity index (χ4v) is 9.54. The Hall–Kier alpha value is -8.21. The molecule has 86 heavy (non-hydrogen) atoms. The molecule has 1 aliphatic heterocycles. The first-order valence-corrected chi connectivity index (χ1v) is 28.6. The van der Waals surface area contributed by atoms with Crippen LogP contribution in [0.2, 0.25) is 0 Å². The maximum Gasteiger partial charge on any atom is 0.379 e. The molecule has 5 N–H and O–H groups in total. The quantitative estimate of drug-likeness (QED) is 0.0235. The van der Waals surface area contributed by atoms with Gasteiger partial charge in [-0.05, 0) is 125 Å². The monoisotopic (exact) mass is 1180 g/mol. The Balaban J connectivity index is 1.17. The van der Waals surface area contributed by atoms with E-state index in [1.807, 2.05) is 147 Å². The molecule has 0 aromatic heterocycles. The number of nitrogens with zero attached hydrogens (tertiary/aromatic N) is 1. The molecule has 5 rings (SSSR count). The van der Waals surface area contributed by atoms with Crippen LogP contribution in [-0.2, 0) is 52.3 Å². The molecule has 0 saturated heterocycles. The highest BCUT2D eigenvalue weighted by atomic mass is 16.8. The molecule has 2 aromatic carbocycles. The number of aliphatic hydroxyl groups excluding tert-OH is 1. The van der Waals surface area contributed by atoms with Crippen LogP contribution in [0.1, 0.15) is 122 Å². The molecule has 0 amide bonds. The lowest BCUT2D eigenvalue weighted by atomic mass is 9.71. The van der Waals surface area contributed by atoms with Crippen molar-refractivity contribution < 1.29 is 67.0 Å². The van der Waals surface area contributed by atoms with Gasteiger partial charge in [0, 0.05) is 6.42 Å². The molecule has 0 fully saturated rings. The van der Waals surface area contributed by atoms with Crippen LogP contribution in [0.25, 0.3) is 0 Å². The standard InChI is InChI=1S/C69H81N3O14/c1-44(25-19-27-46(3)34-36-52-48(5)58(74)56(41-68(52,7)8)82-65(78)54(72)33-21-38-70)23-17-18-24-45(2)26-20-28-47(4)35-37-53-49(6)59(75)57(42-69(53,9)10)83-67(80-40-22-39-71)81-43-55(73)60-61(85-63(76)50-29-13-11-14-30-50)62(66(79)84-60)86-64(77)51-31-15-12-16-32-51/h11-20,23-32,34-37,54-57,60,67,73H,21-22,33,38,40-43,70,72H2,1-10H3/b18-17+,25-19+,26-20+,36-34+,37-35+,44-23+,45-24+,46-27+,47-28+/t54?,55-,56?,57?,60+,67?/m0/s1. The fraction of sp³-hybridized carbons (Fsp3) is 0.377. The third kappa shape index (κ3) is 20.2. The number of ether oxygens (including phenoxy) is 7. The van der Waals surface area contributed by atoms with E-state index in [0.717, 1.165) is 33.4 Å². The second-order valence-electron chi connectivity index (χ2n) is 22.5. The van der Waals surface area contributed by atoms with Gasteiger partial charge in [-0.3, -0.25) is 14.4 Å². The number of nitrogens with two attached hydrogens (primary N) is 2. The Morgan fingerprint density at radius 2 is 1.19 bits per heavy atom. The zero-order valence-electron chi connectivity index (χ0n) is 50.8. The summed E-state index contributed by atoms with van der Waals surface area (Å²) in [5.74, 6) is -5.48. The second kappa shape index (κ2) is 32.9. The number of carbonyl (C=O) groups excluding carboxylic acids is 6. The van der Waals surface area contributed by atoms with Gasteiger partial charge in [0.1, 0.15) is 18.2 Å². The first kappa shape index (κ1) is 68.6. The molecule has 17 heteroatoms. The van der Waals surface area contributed by atoms with Gasteiger partial charge in [0.05, 0.1) is 36.8 Å². The minimum atomic E-state index is -1.76. The van der Waals surface area contributed by atoms with Crippen LogP contribution >= 0.6 is 0 Å². The van der Waals surface area contributed by atoms with Gasteiger partial charge in [-0.1, -0.05) is 171 Å². The largest absolute Gasteiger partial charge is 0.453 e. The van der Waals surface area contributed by atoms with Crippen LogP contribution in [0.3, 0.4) is 0 Å². The molecule has 6 atom stereocenters. The number of carbonyl (C=O) groups is 6. The molecule has 17 nitrogen and oxygen atoms in total. The van der Waals surface area contributed by atoms with E-state index in [9.17, 15) is 39.1 Å². The van der Waals surface area contributed by atoms with Crippen LogP contribution in [0.4, 0.5) is 0 Å². The highest BCUT2D eigenvalue weighted by molar-refractivity contribution is 6.02. The van der Waals surface area contributed by atoms with E-state index in [2.05, 4.69) is 0 Å². The van der Waals surface area contributed by atoms with Crippen LogP contribution in [0.5, 0.6) is 0 Å². The van der Waals surface area contributed by atoms with Gasteiger partial charge in [0.2, 0.25) is 5.76 Å². The van der Waals surface area contributed by atoms with Gasteiger partial charge in [-0.25, -0.2) is 14.4 Å². The molecule has 0 bridgehead atoms. The summed E-state index contributed by atoms with van der Waals surface area (Å²) in [5, 5.41) is 20.7. The normalized spacial score (nSPS) is 20.8. The predicted molar refractivity (Wildman–Crippen MR) is 327 cm³/mol.